The molecule has 4 heteroatoms. The van der Waals surface area contributed by atoms with Crippen LogP contribution in [0.15, 0.2) is 6.20 Å². The third-order valence-corrected chi connectivity index (χ3v) is 2.87. The standard InChI is InChI=1S/C11H18N4/c1-8-7-15(5-4-12-8)11-6-13-9(2)10(3)14-11/h6,8,12H,4-5,7H2,1-3H3/t8-/m1/s1. The molecule has 0 radical (unpaired) electrons. The van der Waals surface area contributed by atoms with Crippen molar-refractivity contribution in [3.05, 3.63) is 17.6 Å². The normalized spacial score (nSPS) is 21.8. The Kier molecular flexibility index (Phi) is 2.86. The molecule has 0 unspecified atom stereocenters. The highest BCUT2D eigenvalue weighted by Crippen LogP contribution is 2.13. The number of nitrogens with one attached hydrogen (secondary N) is 1. The van der Waals surface area contributed by atoms with Crippen LogP contribution in [0.1, 0.15) is 18.3 Å². The van der Waals surface area contributed by atoms with E-state index in [1.165, 1.54) is 0 Å². The van der Waals surface area contributed by atoms with Crippen LogP contribution in [0, 0.1) is 13.8 Å². The molecule has 0 bridgehead atoms. The number of piperazine rings is 1. The first kappa shape index (κ1) is 10.4. The highest BCUT2D eigenvalue weighted by Gasteiger charge is 2.17. The van der Waals surface area contributed by atoms with E-state index in [-0.39, 0.29) is 0 Å². The lowest BCUT2D eigenvalue weighted by Crippen LogP contribution is -2.49. The molecule has 4 nitrogen and oxygen atoms in total. The number of aromatic nitrogens is 2. The lowest BCUT2D eigenvalue weighted by molar-refractivity contribution is 0.481. The predicted molar refractivity (Wildman–Crippen MR) is 61.2 cm³/mol. The van der Waals surface area contributed by atoms with Gasteiger partial charge in [0, 0.05) is 25.7 Å². The minimum atomic E-state index is 0.530. The summed E-state index contributed by atoms with van der Waals surface area (Å²) in [5.74, 6) is 1.01. The summed E-state index contributed by atoms with van der Waals surface area (Å²) in [6, 6.07) is 0.530. The Labute approximate surface area is 90.7 Å². The maximum Gasteiger partial charge on any atom is 0.147 e. The molecule has 1 atom stereocenters. The van der Waals surface area contributed by atoms with E-state index in [0.717, 1.165) is 36.8 Å². The van der Waals surface area contributed by atoms with Crippen molar-refractivity contribution in [2.24, 2.45) is 0 Å². The third-order valence-electron chi connectivity index (χ3n) is 2.87. The molecular formula is C11H18N4. The zero-order valence-corrected chi connectivity index (χ0v) is 9.62. The number of nitrogens with zero attached hydrogens (tertiary/aromatic N) is 3. The lowest BCUT2D eigenvalue weighted by Gasteiger charge is -2.32. The second kappa shape index (κ2) is 4.14. The highest BCUT2D eigenvalue weighted by molar-refractivity contribution is 5.38. The quantitative estimate of drug-likeness (QED) is 0.741. The molecule has 1 aliphatic heterocycles. The molecule has 0 amide bonds. The fourth-order valence-electron chi connectivity index (χ4n) is 1.82. The van der Waals surface area contributed by atoms with Gasteiger partial charge in [-0.25, -0.2) is 4.98 Å². The average Bonchev–Trinajstić information content (AvgIpc) is 2.22. The van der Waals surface area contributed by atoms with E-state index in [9.17, 15) is 0 Å². The number of hydrogen-bond acceptors (Lipinski definition) is 4. The van der Waals surface area contributed by atoms with E-state index in [4.69, 9.17) is 0 Å². The molecule has 2 heterocycles. The molecule has 0 aromatic carbocycles. The van der Waals surface area contributed by atoms with Crippen molar-refractivity contribution >= 4 is 5.82 Å². The van der Waals surface area contributed by atoms with Crippen molar-refractivity contribution in [2.75, 3.05) is 24.5 Å². The van der Waals surface area contributed by atoms with Crippen molar-refractivity contribution in [2.45, 2.75) is 26.8 Å². The van der Waals surface area contributed by atoms with Crippen LogP contribution in [0.25, 0.3) is 0 Å². The summed E-state index contributed by atoms with van der Waals surface area (Å²) in [5, 5.41) is 3.42. The molecule has 1 aliphatic rings. The summed E-state index contributed by atoms with van der Waals surface area (Å²) in [6.45, 7) is 9.25. The number of aryl methyl sites for hydroxylation is 2. The Hall–Kier alpha value is -1.16. The molecule has 1 aromatic heterocycles. The van der Waals surface area contributed by atoms with E-state index in [0.29, 0.717) is 6.04 Å². The van der Waals surface area contributed by atoms with Gasteiger partial charge in [-0.15, -0.1) is 0 Å². The first-order valence-electron chi connectivity index (χ1n) is 5.45. The van der Waals surface area contributed by atoms with Gasteiger partial charge >= 0.3 is 0 Å². The Morgan fingerprint density at radius 2 is 2.20 bits per heavy atom. The summed E-state index contributed by atoms with van der Waals surface area (Å²) in [5.41, 5.74) is 2.04. The second-order valence-electron chi connectivity index (χ2n) is 4.20. The molecule has 1 fully saturated rings. The average molecular weight is 206 g/mol. The fraction of sp³-hybridized carbons (Fsp3) is 0.636. The first-order chi connectivity index (χ1) is 7.16. The molecule has 15 heavy (non-hydrogen) atoms. The van der Waals surface area contributed by atoms with Gasteiger partial charge in [-0.05, 0) is 20.8 Å². The van der Waals surface area contributed by atoms with E-state index in [2.05, 4.69) is 27.1 Å². The predicted octanol–water partition coefficient (Wildman–Crippen LogP) is 0.892. The molecule has 0 saturated carbocycles. The van der Waals surface area contributed by atoms with Crippen molar-refractivity contribution < 1.29 is 0 Å². The monoisotopic (exact) mass is 206 g/mol. The Morgan fingerprint density at radius 1 is 1.40 bits per heavy atom. The van der Waals surface area contributed by atoms with Crippen molar-refractivity contribution in [3.63, 3.8) is 0 Å². The molecular weight excluding hydrogens is 188 g/mol. The van der Waals surface area contributed by atoms with E-state index < -0.39 is 0 Å². The minimum Gasteiger partial charge on any atom is -0.353 e. The van der Waals surface area contributed by atoms with Gasteiger partial charge < -0.3 is 10.2 Å². The van der Waals surface area contributed by atoms with Crippen molar-refractivity contribution in [1.82, 2.24) is 15.3 Å². The molecule has 0 aliphatic carbocycles. The Morgan fingerprint density at radius 3 is 2.87 bits per heavy atom. The van der Waals surface area contributed by atoms with Gasteiger partial charge in [0.1, 0.15) is 5.82 Å². The van der Waals surface area contributed by atoms with Gasteiger partial charge in [-0.3, -0.25) is 4.98 Å². The van der Waals surface area contributed by atoms with Crippen LogP contribution in [-0.4, -0.2) is 35.6 Å². The van der Waals surface area contributed by atoms with Gasteiger partial charge in [-0.2, -0.15) is 0 Å². The van der Waals surface area contributed by atoms with Crippen LogP contribution >= 0.6 is 0 Å². The summed E-state index contributed by atoms with van der Waals surface area (Å²) >= 11 is 0. The molecule has 1 saturated heterocycles. The molecule has 0 spiro atoms. The zero-order valence-electron chi connectivity index (χ0n) is 9.62. The number of anilines is 1. The van der Waals surface area contributed by atoms with Gasteiger partial charge in [0.05, 0.1) is 17.6 Å². The van der Waals surface area contributed by atoms with Gasteiger partial charge in [-0.1, -0.05) is 0 Å². The highest BCUT2D eigenvalue weighted by atomic mass is 15.2. The maximum atomic E-state index is 4.57. The first-order valence-corrected chi connectivity index (χ1v) is 5.45. The summed E-state index contributed by atoms with van der Waals surface area (Å²) in [4.78, 5) is 11.2. The molecule has 1 N–H and O–H groups in total. The number of rotatable bonds is 1. The van der Waals surface area contributed by atoms with Crippen molar-refractivity contribution in [1.29, 1.82) is 0 Å². The zero-order chi connectivity index (χ0) is 10.8. The molecule has 1 aromatic rings. The van der Waals surface area contributed by atoms with Gasteiger partial charge in [0.25, 0.3) is 0 Å². The topological polar surface area (TPSA) is 41.1 Å². The van der Waals surface area contributed by atoms with Crippen LogP contribution < -0.4 is 10.2 Å². The largest absolute Gasteiger partial charge is 0.353 e. The SMILES string of the molecule is Cc1ncc(N2CCN[C@H](C)C2)nc1C. The molecule has 2 rings (SSSR count). The van der Waals surface area contributed by atoms with Crippen LogP contribution in [0.3, 0.4) is 0 Å². The summed E-state index contributed by atoms with van der Waals surface area (Å²) < 4.78 is 0. The van der Waals surface area contributed by atoms with Crippen molar-refractivity contribution in [3.8, 4) is 0 Å². The van der Waals surface area contributed by atoms with Gasteiger partial charge in [0.2, 0.25) is 0 Å². The fourth-order valence-corrected chi connectivity index (χ4v) is 1.82. The summed E-state index contributed by atoms with van der Waals surface area (Å²) in [7, 11) is 0. The second-order valence-corrected chi connectivity index (χ2v) is 4.20. The number of hydrogen-bond donors (Lipinski definition) is 1. The maximum absolute atomic E-state index is 4.57. The van der Waals surface area contributed by atoms with Crippen LogP contribution in [0.2, 0.25) is 0 Å². The Balaban J connectivity index is 2.18. The van der Waals surface area contributed by atoms with Gasteiger partial charge in [0.15, 0.2) is 0 Å². The van der Waals surface area contributed by atoms with E-state index >= 15 is 0 Å². The van der Waals surface area contributed by atoms with Crippen LogP contribution in [-0.2, 0) is 0 Å². The van der Waals surface area contributed by atoms with Crippen LogP contribution in [0.4, 0.5) is 5.82 Å². The smallest absolute Gasteiger partial charge is 0.147 e. The summed E-state index contributed by atoms with van der Waals surface area (Å²) in [6.07, 6.45) is 1.88. The third kappa shape index (κ3) is 2.26. The Bertz CT molecular complexity index is 350. The van der Waals surface area contributed by atoms with E-state index in [1.54, 1.807) is 0 Å². The molecule has 82 valence electrons. The van der Waals surface area contributed by atoms with Crippen LogP contribution in [0.5, 0.6) is 0 Å². The minimum absolute atomic E-state index is 0.530. The van der Waals surface area contributed by atoms with E-state index in [1.807, 2.05) is 20.0 Å². The lowest BCUT2D eigenvalue weighted by atomic mass is 10.2.